The number of anilines is 1. The summed E-state index contributed by atoms with van der Waals surface area (Å²) in [6, 6.07) is 18.7. The van der Waals surface area contributed by atoms with Gasteiger partial charge in [-0.05, 0) is 54.6 Å². The summed E-state index contributed by atoms with van der Waals surface area (Å²) in [6.07, 6.45) is 0. The van der Waals surface area contributed by atoms with Crippen molar-refractivity contribution in [3.63, 3.8) is 0 Å². The van der Waals surface area contributed by atoms with E-state index in [9.17, 15) is 10.1 Å². The number of carbonyl (C=O) groups excluding carboxylic acids is 1. The maximum absolute atomic E-state index is 12.5. The molecule has 0 aliphatic rings. The molecular formula is C23H18N4O3S2. The van der Waals surface area contributed by atoms with Crippen LogP contribution in [0.3, 0.4) is 0 Å². The zero-order valence-corrected chi connectivity index (χ0v) is 18.9. The minimum Gasteiger partial charge on any atom is -0.497 e. The number of hydrogen-bond donors (Lipinski definition) is 1. The van der Waals surface area contributed by atoms with Gasteiger partial charge in [0.1, 0.15) is 22.6 Å². The number of benzene rings is 2. The molecule has 2 aromatic carbocycles. The predicted molar refractivity (Wildman–Crippen MR) is 126 cm³/mol. The first-order chi connectivity index (χ1) is 15.6. The number of thiazole rings is 1. The summed E-state index contributed by atoms with van der Waals surface area (Å²) in [5.74, 6) is 1.37. The summed E-state index contributed by atoms with van der Waals surface area (Å²) < 4.78 is 11.3. The Bertz CT molecular complexity index is 1310. The molecule has 0 aliphatic heterocycles. The number of nitrogens with zero attached hydrogens (tertiary/aromatic N) is 3. The van der Waals surface area contributed by atoms with Gasteiger partial charge in [-0.15, -0.1) is 0 Å². The lowest BCUT2D eigenvalue weighted by Gasteiger charge is -2.07. The highest BCUT2D eigenvalue weighted by Crippen LogP contribution is 2.30. The number of nitrogens with one attached hydrogen (secondary N) is 1. The molecule has 4 aromatic rings. The first kappa shape index (κ1) is 21.6. The molecule has 2 aromatic heterocycles. The van der Waals surface area contributed by atoms with Crippen molar-refractivity contribution < 1.29 is 14.3 Å². The Morgan fingerprint density at radius 2 is 1.81 bits per heavy atom. The monoisotopic (exact) mass is 462 g/mol. The summed E-state index contributed by atoms with van der Waals surface area (Å²) in [6.45, 7) is 0. The average Bonchev–Trinajstić information content (AvgIpc) is 3.23. The fourth-order valence-corrected chi connectivity index (χ4v) is 4.62. The van der Waals surface area contributed by atoms with E-state index in [-0.39, 0.29) is 11.7 Å². The van der Waals surface area contributed by atoms with Crippen LogP contribution in [0.25, 0.3) is 21.5 Å². The molecule has 0 bridgehead atoms. The van der Waals surface area contributed by atoms with Crippen LogP contribution in [0.5, 0.6) is 11.5 Å². The molecule has 2 heterocycles. The van der Waals surface area contributed by atoms with Crippen LogP contribution in [-0.4, -0.2) is 35.8 Å². The van der Waals surface area contributed by atoms with E-state index in [0.717, 1.165) is 33.0 Å². The molecule has 0 saturated carbocycles. The highest BCUT2D eigenvalue weighted by atomic mass is 32.2. The summed E-state index contributed by atoms with van der Waals surface area (Å²) in [5, 5.41) is 13.3. The lowest BCUT2D eigenvalue weighted by atomic mass is 10.1. The Hall–Kier alpha value is -3.61. The second-order valence-corrected chi connectivity index (χ2v) is 8.57. The molecule has 7 nitrogen and oxygen atoms in total. The second-order valence-electron chi connectivity index (χ2n) is 6.58. The molecule has 4 rings (SSSR count). The van der Waals surface area contributed by atoms with E-state index in [0.29, 0.717) is 15.7 Å². The van der Waals surface area contributed by atoms with E-state index in [2.05, 4.69) is 21.4 Å². The second kappa shape index (κ2) is 9.68. The van der Waals surface area contributed by atoms with Crippen LogP contribution in [0.15, 0.2) is 59.6 Å². The fraction of sp³-hybridized carbons (Fsp3) is 0.130. The molecule has 1 amide bonds. The van der Waals surface area contributed by atoms with Gasteiger partial charge in [0.2, 0.25) is 5.91 Å². The molecule has 0 saturated heterocycles. The van der Waals surface area contributed by atoms with Crippen molar-refractivity contribution in [1.29, 1.82) is 5.26 Å². The quantitative estimate of drug-likeness (QED) is 0.387. The van der Waals surface area contributed by atoms with Gasteiger partial charge in [0, 0.05) is 5.56 Å². The first-order valence-corrected chi connectivity index (χ1v) is 11.3. The fourth-order valence-electron chi connectivity index (χ4n) is 2.93. The van der Waals surface area contributed by atoms with Gasteiger partial charge in [0.15, 0.2) is 5.13 Å². The van der Waals surface area contributed by atoms with Crippen LogP contribution in [0.2, 0.25) is 0 Å². The van der Waals surface area contributed by atoms with Gasteiger partial charge in [-0.1, -0.05) is 23.1 Å². The van der Waals surface area contributed by atoms with Crippen LogP contribution in [-0.2, 0) is 4.79 Å². The Kier molecular flexibility index (Phi) is 6.54. The highest BCUT2D eigenvalue weighted by Gasteiger charge is 2.13. The van der Waals surface area contributed by atoms with Crippen molar-refractivity contribution in [2.75, 3.05) is 25.3 Å². The molecule has 0 fully saturated rings. The van der Waals surface area contributed by atoms with E-state index >= 15 is 0 Å². The minimum absolute atomic E-state index is 0.104. The standard InChI is InChI=1S/C23H18N4O3S2/c1-29-16-6-3-14(4-7-16)18-9-5-15(12-24)22(25-18)31-13-21(28)27-23-26-19-10-8-17(30-2)11-20(19)32-23/h3-11H,13H2,1-2H3,(H,26,27,28). The topological polar surface area (TPSA) is 97.1 Å². The van der Waals surface area contributed by atoms with Crippen LogP contribution < -0.4 is 14.8 Å². The molecule has 1 N–H and O–H groups in total. The SMILES string of the molecule is COc1ccc(-c2ccc(C#N)c(SCC(=O)Nc3nc4ccc(OC)cc4s3)n2)cc1. The number of hydrogen-bond acceptors (Lipinski definition) is 8. The van der Waals surface area contributed by atoms with E-state index in [1.54, 1.807) is 26.4 Å². The normalized spacial score (nSPS) is 10.5. The summed E-state index contributed by atoms with van der Waals surface area (Å²) in [4.78, 5) is 21.5. The largest absolute Gasteiger partial charge is 0.497 e. The molecule has 0 aliphatic carbocycles. The van der Waals surface area contributed by atoms with Crippen molar-refractivity contribution in [3.8, 4) is 28.8 Å². The van der Waals surface area contributed by atoms with Gasteiger partial charge in [0.25, 0.3) is 0 Å². The summed E-state index contributed by atoms with van der Waals surface area (Å²) in [5.41, 5.74) is 2.83. The third-order valence-electron chi connectivity index (χ3n) is 4.55. The van der Waals surface area contributed by atoms with Crippen LogP contribution in [0.4, 0.5) is 5.13 Å². The Balaban J connectivity index is 1.46. The smallest absolute Gasteiger partial charge is 0.236 e. The molecule has 0 unspecified atom stereocenters. The van der Waals surface area contributed by atoms with Gasteiger partial charge < -0.3 is 14.8 Å². The van der Waals surface area contributed by atoms with Crippen molar-refractivity contribution in [1.82, 2.24) is 9.97 Å². The molecule has 0 radical (unpaired) electrons. The summed E-state index contributed by atoms with van der Waals surface area (Å²) >= 11 is 2.59. The van der Waals surface area contributed by atoms with Crippen molar-refractivity contribution in [3.05, 3.63) is 60.2 Å². The number of ether oxygens (including phenoxy) is 2. The van der Waals surface area contributed by atoms with Crippen LogP contribution in [0, 0.1) is 11.3 Å². The van der Waals surface area contributed by atoms with Crippen LogP contribution in [0.1, 0.15) is 5.56 Å². The van der Waals surface area contributed by atoms with Gasteiger partial charge >= 0.3 is 0 Å². The van der Waals surface area contributed by atoms with E-state index in [1.807, 2.05) is 42.5 Å². The lowest BCUT2D eigenvalue weighted by Crippen LogP contribution is -2.14. The van der Waals surface area contributed by atoms with Crippen molar-refractivity contribution in [2.45, 2.75) is 5.03 Å². The number of amides is 1. The Labute approximate surface area is 193 Å². The third kappa shape index (κ3) is 4.82. The first-order valence-electron chi connectivity index (χ1n) is 9.52. The molecule has 0 atom stereocenters. The van der Waals surface area contributed by atoms with E-state index in [1.165, 1.54) is 23.1 Å². The van der Waals surface area contributed by atoms with Crippen molar-refractivity contribution in [2.24, 2.45) is 0 Å². The van der Waals surface area contributed by atoms with E-state index in [4.69, 9.17) is 9.47 Å². The lowest BCUT2D eigenvalue weighted by molar-refractivity contribution is -0.113. The highest BCUT2D eigenvalue weighted by molar-refractivity contribution is 8.00. The van der Waals surface area contributed by atoms with Gasteiger partial charge in [-0.3, -0.25) is 4.79 Å². The number of rotatable bonds is 7. The Morgan fingerprint density at radius 1 is 1.06 bits per heavy atom. The molecule has 9 heteroatoms. The molecule has 0 spiro atoms. The number of aromatic nitrogens is 2. The maximum Gasteiger partial charge on any atom is 0.236 e. The molecular weight excluding hydrogens is 444 g/mol. The number of fused-ring (bicyclic) bond motifs is 1. The Morgan fingerprint density at radius 3 is 2.53 bits per heavy atom. The maximum atomic E-state index is 12.5. The van der Waals surface area contributed by atoms with Gasteiger partial charge in [-0.25, -0.2) is 9.97 Å². The van der Waals surface area contributed by atoms with Crippen LogP contribution >= 0.6 is 23.1 Å². The zero-order valence-electron chi connectivity index (χ0n) is 17.3. The number of carbonyl (C=O) groups is 1. The van der Waals surface area contributed by atoms with Gasteiger partial charge in [0.05, 0.1) is 41.4 Å². The summed E-state index contributed by atoms with van der Waals surface area (Å²) in [7, 11) is 3.22. The predicted octanol–water partition coefficient (Wildman–Crippen LogP) is 4.98. The molecule has 160 valence electrons. The van der Waals surface area contributed by atoms with E-state index < -0.39 is 0 Å². The number of thioether (sulfide) groups is 1. The number of nitriles is 1. The van der Waals surface area contributed by atoms with Crippen molar-refractivity contribution >= 4 is 44.4 Å². The zero-order chi connectivity index (χ0) is 22.5. The molecule has 32 heavy (non-hydrogen) atoms. The van der Waals surface area contributed by atoms with Gasteiger partial charge in [-0.2, -0.15) is 5.26 Å². The third-order valence-corrected chi connectivity index (χ3v) is 6.47. The minimum atomic E-state index is -0.221. The average molecular weight is 463 g/mol. The number of pyridine rings is 1. The number of methoxy groups -OCH3 is 2.